The molecule has 3 aliphatic rings. The lowest BCUT2D eigenvalue weighted by molar-refractivity contribution is -0.319. The number of likely N-dealkylation sites (N-methyl/N-ethyl adjacent to an activating group) is 1. The number of aliphatic hydroxyl groups is 6. The van der Waals surface area contributed by atoms with Gasteiger partial charge in [0.15, 0.2) is 12.6 Å². The van der Waals surface area contributed by atoms with Crippen LogP contribution in [0.3, 0.4) is 0 Å². The number of nitrogens with one attached hydrogen (secondary N) is 1. The van der Waals surface area contributed by atoms with Gasteiger partial charge in [-0.15, -0.1) is 0 Å². The van der Waals surface area contributed by atoms with Gasteiger partial charge in [0.25, 0.3) is 0 Å². The lowest BCUT2D eigenvalue weighted by Gasteiger charge is -2.49. The SMILES string of the molecule is CN[C@@H]1[C@@H](O)[C@@H](O[C@H]2[C@H](O)[C@@H](O[C@H]3O[C@H](C(C)O)[C@@H](O)[C@H](O)[C@H]3N)[C@H](N)C[C@@H]2N)OC[C@]1(C)O. The Balaban J connectivity index is 1.73. The number of rotatable bonds is 6. The quantitative estimate of drug-likeness (QED) is 0.165. The minimum atomic E-state index is -1.46. The zero-order valence-electron chi connectivity index (χ0n) is 19.5. The zero-order chi connectivity index (χ0) is 25.5. The van der Waals surface area contributed by atoms with Gasteiger partial charge in [-0.1, -0.05) is 0 Å². The van der Waals surface area contributed by atoms with Crippen LogP contribution in [0.1, 0.15) is 20.3 Å². The molecule has 1 saturated carbocycles. The molecule has 0 bridgehead atoms. The summed E-state index contributed by atoms with van der Waals surface area (Å²) in [5.74, 6) is 0. The minimum Gasteiger partial charge on any atom is -0.391 e. The maximum Gasteiger partial charge on any atom is 0.185 e. The molecule has 1 unspecified atom stereocenters. The highest BCUT2D eigenvalue weighted by molar-refractivity contribution is 5.02. The Bertz CT molecular complexity index is 675. The van der Waals surface area contributed by atoms with Crippen LogP contribution in [-0.4, -0.2) is 135 Å². The molecule has 0 radical (unpaired) electrons. The topological polar surface area (TPSA) is 248 Å². The average molecular weight is 497 g/mol. The molecule has 0 aromatic rings. The number of ether oxygens (including phenoxy) is 4. The Hall–Kier alpha value is -0.560. The van der Waals surface area contributed by atoms with Gasteiger partial charge in [-0.25, -0.2) is 0 Å². The molecule has 2 saturated heterocycles. The van der Waals surface area contributed by atoms with Crippen LogP contribution >= 0.6 is 0 Å². The Morgan fingerprint density at radius 3 is 2.03 bits per heavy atom. The summed E-state index contributed by atoms with van der Waals surface area (Å²) in [6, 6.07) is -3.47. The Morgan fingerprint density at radius 1 is 0.941 bits per heavy atom. The van der Waals surface area contributed by atoms with Gasteiger partial charge >= 0.3 is 0 Å². The predicted molar refractivity (Wildman–Crippen MR) is 116 cm³/mol. The minimum absolute atomic E-state index is 0.135. The highest BCUT2D eigenvalue weighted by Gasteiger charge is 2.52. The van der Waals surface area contributed by atoms with Gasteiger partial charge in [0.1, 0.15) is 48.3 Å². The lowest BCUT2D eigenvalue weighted by Crippen LogP contribution is -2.69. The van der Waals surface area contributed by atoms with E-state index in [2.05, 4.69) is 5.32 Å². The second-order valence-corrected chi connectivity index (χ2v) is 9.82. The fraction of sp³-hybridized carbons (Fsp3) is 1.00. The van der Waals surface area contributed by atoms with E-state index in [0.29, 0.717) is 0 Å². The third-order valence-electron chi connectivity index (χ3n) is 6.95. The van der Waals surface area contributed by atoms with E-state index in [1.807, 2.05) is 0 Å². The van der Waals surface area contributed by atoms with Crippen molar-refractivity contribution >= 4 is 0 Å². The first-order valence-electron chi connectivity index (χ1n) is 11.4. The monoisotopic (exact) mass is 496 g/mol. The van der Waals surface area contributed by atoms with Crippen molar-refractivity contribution in [2.75, 3.05) is 13.7 Å². The molecule has 15 atom stereocenters. The van der Waals surface area contributed by atoms with Gasteiger partial charge in [0.2, 0.25) is 0 Å². The summed E-state index contributed by atoms with van der Waals surface area (Å²) in [5.41, 5.74) is 17.0. The predicted octanol–water partition coefficient (Wildman–Crippen LogP) is -5.61. The van der Waals surface area contributed by atoms with Crippen molar-refractivity contribution < 1.29 is 49.6 Å². The van der Waals surface area contributed by atoms with E-state index in [1.54, 1.807) is 7.05 Å². The van der Waals surface area contributed by atoms with Crippen LogP contribution in [0.5, 0.6) is 0 Å². The van der Waals surface area contributed by atoms with Crippen LogP contribution < -0.4 is 22.5 Å². The Morgan fingerprint density at radius 2 is 1.50 bits per heavy atom. The Kier molecular flexibility index (Phi) is 8.92. The number of nitrogens with two attached hydrogens (primary N) is 3. The van der Waals surface area contributed by atoms with Crippen molar-refractivity contribution in [3.63, 3.8) is 0 Å². The third-order valence-corrected chi connectivity index (χ3v) is 6.95. The molecule has 3 fully saturated rings. The van der Waals surface area contributed by atoms with Crippen LogP contribution in [0.4, 0.5) is 0 Å². The molecular weight excluding hydrogens is 456 g/mol. The first-order chi connectivity index (χ1) is 15.8. The van der Waals surface area contributed by atoms with E-state index in [0.717, 1.165) is 0 Å². The van der Waals surface area contributed by atoms with Gasteiger partial charge in [0, 0.05) is 12.1 Å². The van der Waals surface area contributed by atoms with E-state index in [4.69, 9.17) is 36.1 Å². The molecule has 34 heavy (non-hydrogen) atoms. The normalized spacial score (nSPS) is 53.5. The van der Waals surface area contributed by atoms with Gasteiger partial charge in [-0.2, -0.15) is 0 Å². The van der Waals surface area contributed by atoms with Crippen LogP contribution in [0.25, 0.3) is 0 Å². The van der Waals surface area contributed by atoms with Crippen LogP contribution in [0.2, 0.25) is 0 Å². The molecule has 14 nitrogen and oxygen atoms in total. The van der Waals surface area contributed by atoms with Crippen molar-refractivity contribution in [3.05, 3.63) is 0 Å². The van der Waals surface area contributed by atoms with Crippen molar-refractivity contribution in [1.82, 2.24) is 5.32 Å². The summed E-state index contributed by atoms with van der Waals surface area (Å²) in [6.45, 7) is 2.75. The average Bonchev–Trinajstić information content (AvgIpc) is 2.75. The molecule has 1 aliphatic carbocycles. The zero-order valence-corrected chi connectivity index (χ0v) is 19.5. The number of aliphatic hydroxyl groups excluding tert-OH is 5. The fourth-order valence-electron chi connectivity index (χ4n) is 4.95. The van der Waals surface area contributed by atoms with Crippen molar-refractivity contribution in [3.8, 4) is 0 Å². The van der Waals surface area contributed by atoms with Crippen molar-refractivity contribution in [1.29, 1.82) is 0 Å². The molecule has 0 aromatic heterocycles. The summed E-state index contributed by atoms with van der Waals surface area (Å²) >= 11 is 0. The lowest BCUT2D eigenvalue weighted by atomic mass is 9.84. The fourth-order valence-corrected chi connectivity index (χ4v) is 4.95. The molecule has 14 heteroatoms. The maximum absolute atomic E-state index is 11.1. The van der Waals surface area contributed by atoms with Gasteiger partial charge in [-0.05, 0) is 27.3 Å². The standard InChI is InChI=1S/C20H40N4O10/c1-6(25)14-11(27)10(26)9(23)18(32-14)33-15-7(21)4-8(22)16(12(15)28)34-19-13(29)17(24-3)20(2,30)5-31-19/h6-19,24-30H,4-5,21-23H2,1-3H3/t6?,7-,8+,9-,10-,11+,12-,13-,14-,15+,16-,17-,18-,19-,20+/m1/s1. The maximum atomic E-state index is 11.1. The molecule has 200 valence electrons. The van der Waals surface area contributed by atoms with E-state index in [1.165, 1.54) is 13.8 Å². The van der Waals surface area contributed by atoms with E-state index < -0.39 is 91.2 Å². The first-order valence-corrected chi connectivity index (χ1v) is 11.4. The van der Waals surface area contributed by atoms with Gasteiger partial charge in [0.05, 0.1) is 24.8 Å². The number of hydrogen-bond acceptors (Lipinski definition) is 14. The largest absolute Gasteiger partial charge is 0.391 e. The Labute approximate surface area is 197 Å². The molecule has 2 aliphatic heterocycles. The molecule has 13 N–H and O–H groups in total. The third kappa shape index (κ3) is 5.40. The van der Waals surface area contributed by atoms with Gasteiger partial charge in [-0.3, -0.25) is 0 Å². The summed E-state index contributed by atoms with van der Waals surface area (Å²) in [7, 11) is 1.58. The highest BCUT2D eigenvalue weighted by atomic mass is 16.7. The van der Waals surface area contributed by atoms with Crippen LogP contribution in [0.15, 0.2) is 0 Å². The van der Waals surface area contributed by atoms with Gasteiger partial charge < -0.3 is 72.1 Å². The molecule has 3 rings (SSSR count). The van der Waals surface area contributed by atoms with Crippen LogP contribution in [0, 0.1) is 0 Å². The molecule has 2 heterocycles. The van der Waals surface area contributed by atoms with Crippen molar-refractivity contribution in [2.45, 2.75) is 111 Å². The van der Waals surface area contributed by atoms with E-state index in [-0.39, 0.29) is 13.0 Å². The van der Waals surface area contributed by atoms with Crippen molar-refractivity contribution in [2.24, 2.45) is 17.2 Å². The van der Waals surface area contributed by atoms with E-state index in [9.17, 15) is 30.6 Å². The smallest absolute Gasteiger partial charge is 0.185 e. The molecule has 0 amide bonds. The van der Waals surface area contributed by atoms with E-state index >= 15 is 0 Å². The molecular formula is C20H40N4O10. The molecule has 0 aromatic carbocycles. The summed E-state index contributed by atoms with van der Waals surface area (Å²) in [5, 5.41) is 65.2. The summed E-state index contributed by atoms with van der Waals surface area (Å²) in [4.78, 5) is 0. The molecule has 0 spiro atoms. The summed E-state index contributed by atoms with van der Waals surface area (Å²) in [6.07, 6.45) is -12.4. The first kappa shape index (κ1) is 28.0. The second-order valence-electron chi connectivity index (χ2n) is 9.82. The van der Waals surface area contributed by atoms with Crippen LogP contribution in [-0.2, 0) is 18.9 Å². The number of hydrogen-bond donors (Lipinski definition) is 10. The summed E-state index contributed by atoms with van der Waals surface area (Å²) < 4.78 is 22.8. The highest BCUT2D eigenvalue weighted by Crippen LogP contribution is 2.32. The second kappa shape index (κ2) is 10.8.